The number of benzene rings is 1. The van der Waals surface area contributed by atoms with Gasteiger partial charge in [0.15, 0.2) is 5.11 Å². The Kier molecular flexibility index (Phi) is 6.74. The number of thiocarbonyl (C=S) groups is 1. The van der Waals surface area contributed by atoms with Gasteiger partial charge in [-0.3, -0.25) is 0 Å². The van der Waals surface area contributed by atoms with Crippen molar-refractivity contribution in [3.8, 4) is 0 Å². The van der Waals surface area contributed by atoms with Crippen LogP contribution in [0.1, 0.15) is 31.2 Å². The maximum absolute atomic E-state index is 6.10. The second kappa shape index (κ2) is 8.57. The minimum atomic E-state index is 0.666. The summed E-state index contributed by atoms with van der Waals surface area (Å²) in [7, 11) is 0. The first-order valence-electron chi connectivity index (χ1n) is 7.69. The zero-order valence-corrected chi connectivity index (χ0v) is 14.2. The highest BCUT2D eigenvalue weighted by Crippen LogP contribution is 2.22. The summed E-state index contributed by atoms with van der Waals surface area (Å²) in [5.74, 6) is 0. The van der Waals surface area contributed by atoms with Crippen LogP contribution < -0.4 is 10.6 Å². The molecule has 1 heterocycles. The minimum absolute atomic E-state index is 0.666. The molecule has 0 atom stereocenters. The van der Waals surface area contributed by atoms with E-state index in [1.54, 1.807) is 0 Å². The molecular weight excluding hydrogens is 302 g/mol. The maximum atomic E-state index is 6.10. The summed E-state index contributed by atoms with van der Waals surface area (Å²) in [5, 5.41) is 7.90. The van der Waals surface area contributed by atoms with Crippen molar-refractivity contribution in [3.63, 3.8) is 0 Å². The average Bonchev–Trinajstić information content (AvgIpc) is 2.49. The third-order valence-corrected chi connectivity index (χ3v) is 4.56. The van der Waals surface area contributed by atoms with Crippen molar-refractivity contribution >= 4 is 34.6 Å². The van der Waals surface area contributed by atoms with E-state index in [-0.39, 0.29) is 0 Å². The zero-order chi connectivity index (χ0) is 15.1. The first-order chi connectivity index (χ1) is 10.2. The van der Waals surface area contributed by atoms with E-state index in [0.29, 0.717) is 5.11 Å². The summed E-state index contributed by atoms with van der Waals surface area (Å²) in [5.41, 5.74) is 1.99. The molecular formula is C16H24ClN3S. The van der Waals surface area contributed by atoms with Gasteiger partial charge in [0.05, 0.1) is 0 Å². The van der Waals surface area contributed by atoms with E-state index in [0.717, 1.165) is 35.8 Å². The van der Waals surface area contributed by atoms with Crippen molar-refractivity contribution in [1.82, 2.24) is 10.2 Å². The van der Waals surface area contributed by atoms with Crippen LogP contribution in [0.3, 0.4) is 0 Å². The largest absolute Gasteiger partial charge is 0.362 e. The van der Waals surface area contributed by atoms with E-state index in [1.165, 1.54) is 32.4 Å². The van der Waals surface area contributed by atoms with Crippen molar-refractivity contribution in [3.05, 3.63) is 28.8 Å². The molecule has 0 spiro atoms. The number of nitrogens with zero attached hydrogens (tertiary/aromatic N) is 1. The molecule has 2 rings (SSSR count). The molecule has 116 valence electrons. The summed E-state index contributed by atoms with van der Waals surface area (Å²) in [4.78, 5) is 2.54. The van der Waals surface area contributed by atoms with Gasteiger partial charge in [-0.1, -0.05) is 24.1 Å². The van der Waals surface area contributed by atoms with Crippen LogP contribution in [0.25, 0.3) is 0 Å². The quantitative estimate of drug-likeness (QED) is 0.636. The Morgan fingerprint density at radius 2 is 2.05 bits per heavy atom. The molecule has 0 radical (unpaired) electrons. The number of anilines is 1. The lowest BCUT2D eigenvalue weighted by molar-refractivity contribution is 0.227. The molecule has 0 aromatic heterocycles. The third-order valence-electron chi connectivity index (χ3n) is 3.90. The molecule has 3 nitrogen and oxygen atoms in total. The van der Waals surface area contributed by atoms with Gasteiger partial charge in [0.1, 0.15) is 0 Å². The van der Waals surface area contributed by atoms with E-state index in [2.05, 4.69) is 15.5 Å². The molecule has 1 aliphatic rings. The Morgan fingerprint density at radius 3 is 2.81 bits per heavy atom. The molecule has 1 aliphatic heterocycles. The number of piperidine rings is 1. The first kappa shape index (κ1) is 16.5. The second-order valence-corrected chi connectivity index (χ2v) is 6.36. The molecule has 0 bridgehead atoms. The zero-order valence-electron chi connectivity index (χ0n) is 12.6. The van der Waals surface area contributed by atoms with Crippen LogP contribution in [0.15, 0.2) is 18.2 Å². The average molecular weight is 326 g/mol. The molecule has 0 saturated carbocycles. The first-order valence-corrected chi connectivity index (χ1v) is 8.48. The number of halogens is 1. The highest BCUT2D eigenvalue weighted by molar-refractivity contribution is 7.80. The molecule has 5 heteroatoms. The van der Waals surface area contributed by atoms with E-state index in [1.807, 2.05) is 25.1 Å². The number of rotatable bonds is 5. The summed E-state index contributed by atoms with van der Waals surface area (Å²) < 4.78 is 0. The molecule has 1 fully saturated rings. The fourth-order valence-electron chi connectivity index (χ4n) is 2.60. The van der Waals surface area contributed by atoms with Gasteiger partial charge in [-0.2, -0.15) is 0 Å². The summed E-state index contributed by atoms with van der Waals surface area (Å²) in [6.07, 6.45) is 5.21. The Labute approximate surface area is 138 Å². The van der Waals surface area contributed by atoms with Gasteiger partial charge < -0.3 is 15.5 Å². The molecule has 0 aliphatic carbocycles. The number of nitrogens with one attached hydrogen (secondary N) is 2. The Morgan fingerprint density at radius 1 is 1.29 bits per heavy atom. The van der Waals surface area contributed by atoms with Crippen LogP contribution in [-0.2, 0) is 0 Å². The Balaban J connectivity index is 1.66. The lowest BCUT2D eigenvalue weighted by Crippen LogP contribution is -2.34. The monoisotopic (exact) mass is 325 g/mol. The second-order valence-electron chi connectivity index (χ2n) is 5.55. The fraction of sp³-hybridized carbons (Fsp3) is 0.562. The van der Waals surface area contributed by atoms with Crippen molar-refractivity contribution in [2.45, 2.75) is 32.6 Å². The summed E-state index contributed by atoms with van der Waals surface area (Å²) in [6, 6.07) is 5.80. The van der Waals surface area contributed by atoms with Crippen LogP contribution in [-0.4, -0.2) is 36.2 Å². The standard InChI is InChI=1S/C16H24ClN3S/c1-13-14(17)7-5-8-15(13)19-16(21)18-9-6-12-20-10-3-2-4-11-20/h5,7-8H,2-4,6,9-12H2,1H3,(H2,18,19,21). The molecule has 1 aromatic carbocycles. The van der Waals surface area contributed by atoms with Crippen molar-refractivity contribution in [2.75, 3.05) is 31.5 Å². The van der Waals surface area contributed by atoms with E-state index in [4.69, 9.17) is 23.8 Å². The predicted molar refractivity (Wildman–Crippen MR) is 95.3 cm³/mol. The van der Waals surface area contributed by atoms with Crippen LogP contribution in [0.2, 0.25) is 5.02 Å². The van der Waals surface area contributed by atoms with Gasteiger partial charge in [0, 0.05) is 17.3 Å². The number of hydrogen-bond acceptors (Lipinski definition) is 2. The highest BCUT2D eigenvalue weighted by atomic mass is 35.5. The van der Waals surface area contributed by atoms with Crippen LogP contribution in [0.5, 0.6) is 0 Å². The van der Waals surface area contributed by atoms with Crippen molar-refractivity contribution < 1.29 is 0 Å². The number of likely N-dealkylation sites (tertiary alicyclic amines) is 1. The number of hydrogen-bond donors (Lipinski definition) is 2. The highest BCUT2D eigenvalue weighted by Gasteiger charge is 2.09. The van der Waals surface area contributed by atoms with Gasteiger partial charge in [-0.05, 0) is 75.7 Å². The van der Waals surface area contributed by atoms with Gasteiger partial charge >= 0.3 is 0 Å². The van der Waals surface area contributed by atoms with Crippen LogP contribution in [0.4, 0.5) is 5.69 Å². The van der Waals surface area contributed by atoms with Gasteiger partial charge in [-0.15, -0.1) is 0 Å². The van der Waals surface area contributed by atoms with Gasteiger partial charge in [0.25, 0.3) is 0 Å². The van der Waals surface area contributed by atoms with Gasteiger partial charge in [-0.25, -0.2) is 0 Å². The normalized spacial score (nSPS) is 15.7. The van der Waals surface area contributed by atoms with E-state index < -0.39 is 0 Å². The molecule has 21 heavy (non-hydrogen) atoms. The third kappa shape index (κ3) is 5.46. The smallest absolute Gasteiger partial charge is 0.170 e. The topological polar surface area (TPSA) is 27.3 Å². The maximum Gasteiger partial charge on any atom is 0.170 e. The van der Waals surface area contributed by atoms with Crippen LogP contribution in [0, 0.1) is 6.92 Å². The minimum Gasteiger partial charge on any atom is -0.362 e. The van der Waals surface area contributed by atoms with Crippen molar-refractivity contribution in [2.24, 2.45) is 0 Å². The molecule has 1 aromatic rings. The molecule has 0 amide bonds. The van der Waals surface area contributed by atoms with E-state index in [9.17, 15) is 0 Å². The Hall–Kier alpha value is -0.840. The van der Waals surface area contributed by atoms with Crippen LogP contribution >= 0.6 is 23.8 Å². The SMILES string of the molecule is Cc1c(Cl)cccc1NC(=S)NCCCN1CCCCC1. The lowest BCUT2D eigenvalue weighted by Gasteiger charge is -2.26. The molecule has 2 N–H and O–H groups in total. The summed E-state index contributed by atoms with van der Waals surface area (Å²) >= 11 is 11.4. The lowest BCUT2D eigenvalue weighted by atomic mass is 10.1. The summed E-state index contributed by atoms with van der Waals surface area (Å²) in [6.45, 7) is 6.56. The van der Waals surface area contributed by atoms with E-state index >= 15 is 0 Å². The Bertz CT molecular complexity index is 473. The molecule has 1 saturated heterocycles. The molecule has 0 unspecified atom stereocenters. The fourth-order valence-corrected chi connectivity index (χ4v) is 2.98. The van der Waals surface area contributed by atoms with Gasteiger partial charge in [0.2, 0.25) is 0 Å². The predicted octanol–water partition coefficient (Wildman–Crippen LogP) is 3.81. The van der Waals surface area contributed by atoms with Crippen molar-refractivity contribution in [1.29, 1.82) is 0 Å².